The van der Waals surface area contributed by atoms with Gasteiger partial charge in [0, 0.05) is 6.42 Å². The minimum Gasteiger partial charge on any atom is -0.274 e. The van der Waals surface area contributed by atoms with E-state index in [1.165, 1.54) is 4.90 Å². The molecule has 1 atom stereocenters. The van der Waals surface area contributed by atoms with Crippen molar-refractivity contribution in [3.63, 3.8) is 0 Å². The lowest BCUT2D eigenvalue weighted by atomic mass is 10.3. The van der Waals surface area contributed by atoms with Gasteiger partial charge in [-0.2, -0.15) is 0 Å². The smallest absolute Gasteiger partial charge is 0.247 e. The maximum atomic E-state index is 12.2. The van der Waals surface area contributed by atoms with E-state index in [1.807, 2.05) is 18.2 Å². The topological polar surface area (TPSA) is 37.4 Å². The van der Waals surface area contributed by atoms with Crippen molar-refractivity contribution in [2.45, 2.75) is 31.4 Å². The molecule has 1 aliphatic rings. The second-order valence-electron chi connectivity index (χ2n) is 4.32. The number of hydrogen-bond donors (Lipinski definition) is 0. The predicted octanol–water partition coefficient (Wildman–Crippen LogP) is 2.85. The third-order valence-corrected chi connectivity index (χ3v) is 4.23. The highest BCUT2D eigenvalue weighted by Crippen LogP contribution is 2.29. The van der Waals surface area contributed by atoms with E-state index < -0.39 is 0 Å². The van der Waals surface area contributed by atoms with E-state index in [2.05, 4.69) is 6.92 Å². The Balaban J connectivity index is 2.06. The number of imide groups is 1. The normalized spacial score (nSPS) is 19.6. The molecular weight excluding hydrogens is 246 g/mol. The second-order valence-corrected chi connectivity index (χ2v) is 5.63. The second kappa shape index (κ2) is 6.05. The monoisotopic (exact) mass is 263 g/mol. The summed E-state index contributed by atoms with van der Waals surface area (Å²) in [4.78, 5) is 25.4. The van der Waals surface area contributed by atoms with Crippen LogP contribution in [0.5, 0.6) is 0 Å². The number of carbonyl (C=O) groups is 2. The van der Waals surface area contributed by atoms with Gasteiger partial charge in [-0.25, -0.2) is 4.90 Å². The highest BCUT2D eigenvalue weighted by molar-refractivity contribution is 8.00. The lowest BCUT2D eigenvalue weighted by molar-refractivity contribution is -0.121. The molecule has 1 aliphatic heterocycles. The fourth-order valence-electron chi connectivity index (χ4n) is 1.95. The fraction of sp³-hybridized carbons (Fsp3) is 0.429. The van der Waals surface area contributed by atoms with Crippen LogP contribution in [0.3, 0.4) is 0 Å². The summed E-state index contributed by atoms with van der Waals surface area (Å²) in [5.41, 5.74) is 0.686. The van der Waals surface area contributed by atoms with E-state index in [0.29, 0.717) is 12.1 Å². The van der Waals surface area contributed by atoms with Gasteiger partial charge >= 0.3 is 0 Å². The van der Waals surface area contributed by atoms with Gasteiger partial charge in [0.05, 0.1) is 10.9 Å². The SMILES string of the molecule is CCCCSC1CC(=O)N(c2ccccc2)C1=O. The van der Waals surface area contributed by atoms with Crippen LogP contribution in [0.15, 0.2) is 30.3 Å². The van der Waals surface area contributed by atoms with E-state index in [9.17, 15) is 9.59 Å². The summed E-state index contributed by atoms with van der Waals surface area (Å²) in [7, 11) is 0. The molecule has 0 radical (unpaired) electrons. The van der Waals surface area contributed by atoms with Gasteiger partial charge in [-0.15, -0.1) is 11.8 Å². The van der Waals surface area contributed by atoms with Crippen molar-refractivity contribution < 1.29 is 9.59 Å². The van der Waals surface area contributed by atoms with Crippen molar-refractivity contribution in [2.24, 2.45) is 0 Å². The van der Waals surface area contributed by atoms with E-state index >= 15 is 0 Å². The fourth-order valence-corrected chi connectivity index (χ4v) is 3.20. The molecule has 1 aromatic carbocycles. The number of carbonyl (C=O) groups excluding carboxylic acids is 2. The summed E-state index contributed by atoms with van der Waals surface area (Å²) in [6, 6.07) is 9.16. The summed E-state index contributed by atoms with van der Waals surface area (Å²) in [6.07, 6.45) is 2.54. The Morgan fingerprint density at radius 1 is 1.28 bits per heavy atom. The average Bonchev–Trinajstić information content (AvgIpc) is 2.66. The highest BCUT2D eigenvalue weighted by atomic mass is 32.2. The molecule has 0 spiro atoms. The summed E-state index contributed by atoms with van der Waals surface area (Å²) in [6.45, 7) is 2.12. The van der Waals surface area contributed by atoms with E-state index in [1.54, 1.807) is 23.9 Å². The summed E-state index contributed by atoms with van der Waals surface area (Å²) in [5, 5.41) is -0.191. The quantitative estimate of drug-likeness (QED) is 0.605. The van der Waals surface area contributed by atoms with Gasteiger partial charge in [0.15, 0.2) is 0 Å². The molecule has 1 aromatic rings. The minimum absolute atomic E-state index is 0.0627. The first-order valence-corrected chi connectivity index (χ1v) is 7.32. The van der Waals surface area contributed by atoms with E-state index in [4.69, 9.17) is 0 Å². The summed E-state index contributed by atoms with van der Waals surface area (Å²) in [5.74, 6) is 0.801. The van der Waals surface area contributed by atoms with Crippen molar-refractivity contribution >= 4 is 29.3 Å². The minimum atomic E-state index is -0.191. The number of hydrogen-bond acceptors (Lipinski definition) is 3. The van der Waals surface area contributed by atoms with Gasteiger partial charge in [-0.05, 0) is 24.3 Å². The molecular formula is C14H17NO2S. The first-order valence-electron chi connectivity index (χ1n) is 6.27. The third-order valence-electron chi connectivity index (χ3n) is 2.94. The van der Waals surface area contributed by atoms with Crippen LogP contribution in [-0.4, -0.2) is 22.8 Å². The van der Waals surface area contributed by atoms with Crippen molar-refractivity contribution in [3.05, 3.63) is 30.3 Å². The maximum absolute atomic E-state index is 12.2. The Hall–Kier alpha value is -1.29. The highest BCUT2D eigenvalue weighted by Gasteiger charge is 2.39. The number of para-hydroxylation sites is 1. The van der Waals surface area contributed by atoms with E-state index in [-0.39, 0.29) is 17.1 Å². The number of unbranched alkanes of at least 4 members (excludes halogenated alkanes) is 1. The van der Waals surface area contributed by atoms with Gasteiger partial charge in [0.2, 0.25) is 11.8 Å². The largest absolute Gasteiger partial charge is 0.274 e. The third kappa shape index (κ3) is 2.75. The maximum Gasteiger partial charge on any atom is 0.247 e. The molecule has 0 saturated carbocycles. The Labute approximate surface area is 112 Å². The van der Waals surface area contributed by atoms with Gasteiger partial charge < -0.3 is 0 Å². The van der Waals surface area contributed by atoms with Gasteiger partial charge in [-0.3, -0.25) is 9.59 Å². The zero-order valence-electron chi connectivity index (χ0n) is 10.5. The predicted molar refractivity (Wildman–Crippen MR) is 74.7 cm³/mol. The van der Waals surface area contributed by atoms with Gasteiger partial charge in [-0.1, -0.05) is 31.5 Å². The molecule has 0 bridgehead atoms. The summed E-state index contributed by atoms with van der Waals surface area (Å²) >= 11 is 1.61. The number of benzene rings is 1. The molecule has 18 heavy (non-hydrogen) atoms. The average molecular weight is 263 g/mol. The van der Waals surface area contributed by atoms with Crippen LogP contribution >= 0.6 is 11.8 Å². The molecule has 1 saturated heterocycles. The van der Waals surface area contributed by atoms with Crippen molar-refractivity contribution in [2.75, 3.05) is 10.7 Å². The molecule has 0 N–H and O–H groups in total. The van der Waals surface area contributed by atoms with E-state index in [0.717, 1.165) is 18.6 Å². The molecule has 96 valence electrons. The zero-order valence-corrected chi connectivity index (χ0v) is 11.3. The van der Waals surface area contributed by atoms with Crippen LogP contribution in [0.1, 0.15) is 26.2 Å². The van der Waals surface area contributed by atoms with Crippen LogP contribution in [0.25, 0.3) is 0 Å². The number of rotatable bonds is 5. The molecule has 4 heteroatoms. The molecule has 1 unspecified atom stereocenters. The number of anilines is 1. The number of nitrogens with zero attached hydrogens (tertiary/aromatic N) is 1. The van der Waals surface area contributed by atoms with Crippen LogP contribution in [-0.2, 0) is 9.59 Å². The Bertz CT molecular complexity index is 433. The molecule has 2 rings (SSSR count). The van der Waals surface area contributed by atoms with Gasteiger partial charge in [0.1, 0.15) is 0 Å². The molecule has 1 fully saturated rings. The van der Waals surface area contributed by atoms with Crippen molar-refractivity contribution in [3.8, 4) is 0 Å². The summed E-state index contributed by atoms with van der Waals surface area (Å²) < 4.78 is 0. The lowest BCUT2D eigenvalue weighted by Gasteiger charge is -2.14. The standard InChI is InChI=1S/C14H17NO2S/c1-2-3-9-18-12-10-13(16)15(14(12)17)11-7-5-4-6-8-11/h4-8,12H,2-3,9-10H2,1H3. The van der Waals surface area contributed by atoms with Crippen molar-refractivity contribution in [1.29, 1.82) is 0 Å². The molecule has 0 aliphatic carbocycles. The Morgan fingerprint density at radius 3 is 2.67 bits per heavy atom. The number of thioether (sulfide) groups is 1. The van der Waals surface area contributed by atoms with Crippen LogP contribution in [0, 0.1) is 0 Å². The molecule has 3 nitrogen and oxygen atoms in total. The first kappa shape index (κ1) is 13.1. The van der Waals surface area contributed by atoms with Crippen LogP contribution in [0.2, 0.25) is 0 Å². The molecule has 2 amide bonds. The van der Waals surface area contributed by atoms with Crippen LogP contribution < -0.4 is 4.90 Å². The lowest BCUT2D eigenvalue weighted by Crippen LogP contribution is -2.31. The first-order chi connectivity index (χ1) is 8.74. The van der Waals surface area contributed by atoms with Crippen molar-refractivity contribution in [1.82, 2.24) is 0 Å². The Kier molecular flexibility index (Phi) is 4.42. The van der Waals surface area contributed by atoms with Crippen LogP contribution in [0.4, 0.5) is 5.69 Å². The van der Waals surface area contributed by atoms with Gasteiger partial charge in [0.25, 0.3) is 0 Å². The number of amides is 2. The Morgan fingerprint density at radius 2 is 2.00 bits per heavy atom. The molecule has 0 aromatic heterocycles. The molecule has 1 heterocycles. The zero-order chi connectivity index (χ0) is 13.0.